The predicted octanol–water partition coefficient (Wildman–Crippen LogP) is 3.51. The Morgan fingerprint density at radius 3 is 2.61 bits per heavy atom. The van der Waals surface area contributed by atoms with Gasteiger partial charge in [0.1, 0.15) is 6.61 Å². The van der Waals surface area contributed by atoms with Crippen molar-refractivity contribution in [1.82, 2.24) is 15.0 Å². The summed E-state index contributed by atoms with van der Waals surface area (Å²) in [6.45, 7) is 0.662. The van der Waals surface area contributed by atoms with E-state index in [4.69, 9.17) is 9.26 Å². The lowest BCUT2D eigenvalue weighted by atomic mass is 9.89. The third-order valence-corrected chi connectivity index (χ3v) is 5.32. The molecule has 9 heteroatoms. The number of ether oxygens (including phenoxy) is 1. The fraction of sp³-hybridized carbons (Fsp3) is 0.318. The number of para-hydroxylation sites is 1. The van der Waals surface area contributed by atoms with Crippen LogP contribution in [0.25, 0.3) is 0 Å². The maximum atomic E-state index is 13.6. The lowest BCUT2D eigenvalue weighted by Gasteiger charge is -2.33. The van der Waals surface area contributed by atoms with Crippen molar-refractivity contribution in [2.24, 2.45) is 5.92 Å². The zero-order valence-corrected chi connectivity index (χ0v) is 16.6. The fourth-order valence-corrected chi connectivity index (χ4v) is 3.62. The Morgan fingerprint density at radius 2 is 1.94 bits per heavy atom. The highest BCUT2D eigenvalue weighted by Gasteiger charge is 2.30. The molecule has 7 nitrogen and oxygen atoms in total. The summed E-state index contributed by atoms with van der Waals surface area (Å²) >= 11 is 0. The van der Waals surface area contributed by atoms with Crippen molar-refractivity contribution in [3.8, 4) is 5.75 Å². The predicted molar refractivity (Wildman–Crippen MR) is 105 cm³/mol. The Morgan fingerprint density at radius 1 is 1.19 bits per heavy atom. The highest BCUT2D eigenvalue weighted by Crippen LogP contribution is 2.30. The van der Waals surface area contributed by atoms with Gasteiger partial charge in [-0.05, 0) is 43.0 Å². The molecule has 1 N–H and O–H groups in total. The maximum Gasteiger partial charge on any atom is 0.276 e. The average molecular weight is 429 g/mol. The van der Waals surface area contributed by atoms with Gasteiger partial charge < -0.3 is 19.3 Å². The number of nitrogens with zero attached hydrogens (tertiary/aromatic N) is 3. The molecule has 1 atom stereocenters. The molecule has 1 aromatic carbocycles. The number of likely N-dealkylation sites (tertiary alicyclic amines) is 1. The summed E-state index contributed by atoms with van der Waals surface area (Å²) in [5, 5.41) is 14.3. The average Bonchev–Trinajstić information content (AvgIpc) is 3.27. The van der Waals surface area contributed by atoms with Crippen LogP contribution >= 0.6 is 0 Å². The van der Waals surface area contributed by atoms with Crippen molar-refractivity contribution in [3.05, 3.63) is 77.4 Å². The zero-order valence-electron chi connectivity index (χ0n) is 16.6. The number of hydrogen-bond acceptors (Lipinski definition) is 6. The van der Waals surface area contributed by atoms with Crippen LogP contribution in [0.4, 0.5) is 8.78 Å². The number of aromatic nitrogens is 2. The van der Waals surface area contributed by atoms with Gasteiger partial charge in [-0.15, -0.1) is 0 Å². The number of rotatable bonds is 6. The molecule has 0 spiro atoms. The number of aliphatic hydroxyl groups excluding tert-OH is 1. The molecule has 0 saturated carbocycles. The molecular weight excluding hydrogens is 408 g/mol. The van der Waals surface area contributed by atoms with Crippen molar-refractivity contribution in [1.29, 1.82) is 0 Å². The molecule has 0 unspecified atom stereocenters. The maximum absolute atomic E-state index is 13.6. The summed E-state index contributed by atoms with van der Waals surface area (Å²) in [6.07, 6.45) is 2.23. The Balaban J connectivity index is 1.32. The largest absolute Gasteiger partial charge is 0.479 e. The summed E-state index contributed by atoms with van der Waals surface area (Å²) in [7, 11) is 0. The van der Waals surface area contributed by atoms with Crippen molar-refractivity contribution >= 4 is 5.91 Å². The van der Waals surface area contributed by atoms with Crippen LogP contribution in [0.15, 0.2) is 53.2 Å². The highest BCUT2D eigenvalue weighted by molar-refractivity contribution is 5.92. The number of aliphatic hydroxyl groups is 1. The van der Waals surface area contributed by atoms with E-state index in [1.807, 2.05) is 6.07 Å². The summed E-state index contributed by atoms with van der Waals surface area (Å²) in [6, 6.07) is 10.2. The molecule has 162 valence electrons. The Bertz CT molecular complexity index is 1020. The van der Waals surface area contributed by atoms with Crippen molar-refractivity contribution in [2.45, 2.75) is 25.6 Å². The van der Waals surface area contributed by atoms with Gasteiger partial charge in [0, 0.05) is 25.4 Å². The number of pyridine rings is 1. The van der Waals surface area contributed by atoms with Gasteiger partial charge >= 0.3 is 0 Å². The van der Waals surface area contributed by atoms with Crippen LogP contribution < -0.4 is 4.74 Å². The lowest BCUT2D eigenvalue weighted by Crippen LogP contribution is -2.40. The molecule has 0 radical (unpaired) electrons. The Hall–Kier alpha value is -3.33. The molecule has 1 fully saturated rings. The van der Waals surface area contributed by atoms with E-state index < -0.39 is 23.5 Å². The van der Waals surface area contributed by atoms with Crippen LogP contribution in [-0.4, -0.2) is 39.1 Å². The molecule has 3 aromatic rings. The minimum atomic E-state index is -0.827. The van der Waals surface area contributed by atoms with E-state index in [0.29, 0.717) is 31.6 Å². The van der Waals surface area contributed by atoms with Gasteiger partial charge in [-0.1, -0.05) is 17.3 Å². The van der Waals surface area contributed by atoms with Gasteiger partial charge in [0.25, 0.3) is 5.91 Å². The molecular formula is C22H21F2N3O4. The Kier molecular flexibility index (Phi) is 6.22. The zero-order chi connectivity index (χ0) is 21.8. The summed E-state index contributed by atoms with van der Waals surface area (Å²) in [5.41, 5.74) is 0.719. The van der Waals surface area contributed by atoms with Gasteiger partial charge in [0.15, 0.2) is 28.8 Å². The first-order valence-electron chi connectivity index (χ1n) is 9.93. The monoisotopic (exact) mass is 429 g/mol. The van der Waals surface area contributed by atoms with Gasteiger partial charge in [0.05, 0.1) is 11.8 Å². The first-order chi connectivity index (χ1) is 15.0. The second kappa shape index (κ2) is 9.22. The number of carbonyl (C=O) groups excluding carboxylic acids is 1. The number of amides is 1. The SMILES string of the molecule is O=C(c1cc(COc2c(F)cccc2F)on1)N1CCC([C@H](O)c2ccccn2)CC1. The molecule has 31 heavy (non-hydrogen) atoms. The molecule has 0 aliphatic carbocycles. The summed E-state index contributed by atoms with van der Waals surface area (Å²) < 4.78 is 37.5. The first-order valence-corrected chi connectivity index (χ1v) is 9.93. The molecule has 4 rings (SSSR count). The number of benzene rings is 1. The summed E-state index contributed by atoms with van der Waals surface area (Å²) in [4.78, 5) is 18.5. The number of hydrogen-bond donors (Lipinski definition) is 1. The van der Waals surface area contributed by atoms with Gasteiger partial charge in [0.2, 0.25) is 0 Å². The second-order valence-electron chi connectivity index (χ2n) is 7.35. The molecule has 0 bridgehead atoms. The van der Waals surface area contributed by atoms with Gasteiger partial charge in [-0.2, -0.15) is 0 Å². The van der Waals surface area contributed by atoms with Crippen LogP contribution in [0.5, 0.6) is 5.75 Å². The van der Waals surface area contributed by atoms with Crippen molar-refractivity contribution in [3.63, 3.8) is 0 Å². The minimum absolute atomic E-state index is 0.0101. The third-order valence-electron chi connectivity index (χ3n) is 5.32. The van der Waals surface area contributed by atoms with E-state index >= 15 is 0 Å². The number of piperidine rings is 1. The first kappa shape index (κ1) is 20.9. The smallest absolute Gasteiger partial charge is 0.276 e. The van der Waals surface area contributed by atoms with Gasteiger partial charge in [-0.25, -0.2) is 8.78 Å². The molecule has 3 heterocycles. The standard InChI is InChI=1S/C22H21F2N3O4/c23-16-4-3-5-17(24)21(16)30-13-15-12-19(26-31-15)22(29)27-10-7-14(8-11-27)20(28)18-6-1-2-9-25-18/h1-6,9,12,14,20,28H,7-8,10-11,13H2/t20-/m0/s1. The van der Waals surface area contributed by atoms with E-state index in [9.17, 15) is 18.7 Å². The molecule has 1 saturated heterocycles. The van der Waals surface area contributed by atoms with E-state index in [0.717, 1.165) is 12.1 Å². The van der Waals surface area contributed by atoms with E-state index in [-0.39, 0.29) is 29.9 Å². The second-order valence-corrected chi connectivity index (χ2v) is 7.35. The molecule has 2 aromatic heterocycles. The van der Waals surface area contributed by atoms with E-state index in [1.165, 1.54) is 12.1 Å². The van der Waals surface area contributed by atoms with Crippen molar-refractivity contribution < 1.29 is 27.9 Å². The number of carbonyl (C=O) groups is 1. The van der Waals surface area contributed by atoms with E-state index in [2.05, 4.69) is 10.1 Å². The molecule has 1 aliphatic rings. The normalized spacial score (nSPS) is 15.6. The third kappa shape index (κ3) is 4.72. The van der Waals surface area contributed by atoms with E-state index in [1.54, 1.807) is 23.2 Å². The molecule has 1 aliphatic heterocycles. The van der Waals surface area contributed by atoms with Crippen LogP contribution in [0.1, 0.15) is 40.9 Å². The minimum Gasteiger partial charge on any atom is -0.479 e. The van der Waals surface area contributed by atoms with Crippen molar-refractivity contribution in [2.75, 3.05) is 13.1 Å². The van der Waals surface area contributed by atoms with Crippen LogP contribution in [0.2, 0.25) is 0 Å². The fourth-order valence-electron chi connectivity index (χ4n) is 3.62. The van der Waals surface area contributed by atoms with Crippen LogP contribution in [-0.2, 0) is 6.61 Å². The Labute approximate surface area is 177 Å². The highest BCUT2D eigenvalue weighted by atomic mass is 19.1. The number of halogens is 2. The van der Waals surface area contributed by atoms with Crippen LogP contribution in [0.3, 0.4) is 0 Å². The molecule has 1 amide bonds. The quantitative estimate of drug-likeness (QED) is 0.645. The lowest BCUT2D eigenvalue weighted by molar-refractivity contribution is 0.0441. The van der Waals surface area contributed by atoms with Gasteiger partial charge in [-0.3, -0.25) is 9.78 Å². The van der Waals surface area contributed by atoms with Crippen LogP contribution in [0, 0.1) is 17.6 Å². The topological polar surface area (TPSA) is 88.7 Å². The summed E-state index contributed by atoms with van der Waals surface area (Å²) in [5.74, 6) is -2.29.